The number of hydrogen-bond acceptors (Lipinski definition) is 1. The quantitative estimate of drug-likeness (QED) is 0.0980. The van der Waals surface area contributed by atoms with Crippen molar-refractivity contribution in [3.8, 4) is 27.9 Å². The molecule has 0 aliphatic rings. The molecule has 0 unspecified atom stereocenters. The lowest BCUT2D eigenvalue weighted by atomic mass is 9.93. The molecule has 8 aromatic rings. The van der Waals surface area contributed by atoms with Gasteiger partial charge < -0.3 is 9.88 Å². The zero-order chi connectivity index (χ0) is 42.4. The standard InChI is InChI=1S/C47H29F9N4/c48-45(49,50)31-23-30(24-32(26-31)46(51,52)53)29-19-21-38-37-16-8-10-18-41(37)60(42(38)25-29)34-20-22-35(36-15-7-9-17-40(36)47(54,55)56)39(27-34)44(58-33-13-5-2-6-14-33)59-43(57)28-11-3-1-4-12-28/h1-27H,(H2,57,58,59). The summed E-state index contributed by atoms with van der Waals surface area (Å²) in [5.74, 6) is -0.177. The molecule has 7 aromatic carbocycles. The van der Waals surface area contributed by atoms with Crippen molar-refractivity contribution in [3.63, 3.8) is 0 Å². The fourth-order valence-electron chi connectivity index (χ4n) is 7.20. The van der Waals surface area contributed by atoms with Crippen molar-refractivity contribution < 1.29 is 39.5 Å². The third-order valence-electron chi connectivity index (χ3n) is 9.94. The van der Waals surface area contributed by atoms with Crippen molar-refractivity contribution in [2.75, 3.05) is 5.32 Å². The third kappa shape index (κ3) is 7.85. The van der Waals surface area contributed by atoms with Gasteiger partial charge in [-0.1, -0.05) is 103 Å². The average molecular weight is 821 g/mol. The van der Waals surface area contributed by atoms with Crippen LogP contribution >= 0.6 is 0 Å². The molecule has 0 spiro atoms. The van der Waals surface area contributed by atoms with Gasteiger partial charge in [0.1, 0.15) is 5.84 Å². The number of aliphatic imine (C=N–C) groups is 1. The first-order valence-corrected chi connectivity index (χ1v) is 18.3. The highest BCUT2D eigenvalue weighted by Crippen LogP contribution is 2.42. The number of fused-ring (bicyclic) bond motifs is 3. The van der Waals surface area contributed by atoms with Gasteiger partial charge in [0, 0.05) is 33.3 Å². The van der Waals surface area contributed by atoms with Crippen molar-refractivity contribution in [3.05, 3.63) is 192 Å². The van der Waals surface area contributed by atoms with Crippen LogP contribution < -0.4 is 5.32 Å². The maximum atomic E-state index is 14.6. The Morgan fingerprint density at radius 2 is 1.10 bits per heavy atom. The highest BCUT2D eigenvalue weighted by Gasteiger charge is 2.37. The topological polar surface area (TPSA) is 53.2 Å². The smallest absolute Gasteiger partial charge is 0.340 e. The summed E-state index contributed by atoms with van der Waals surface area (Å²) in [5, 5.41) is 13.5. The van der Waals surface area contributed by atoms with Crippen molar-refractivity contribution in [1.29, 1.82) is 5.41 Å². The molecule has 1 aromatic heterocycles. The van der Waals surface area contributed by atoms with E-state index < -0.39 is 35.2 Å². The fraction of sp³-hybridized carbons (Fsp3) is 0.0638. The minimum Gasteiger partial charge on any atom is -0.340 e. The number of hydrogen-bond donors (Lipinski definition) is 2. The second-order valence-electron chi connectivity index (χ2n) is 13.8. The van der Waals surface area contributed by atoms with E-state index in [9.17, 15) is 39.5 Å². The van der Waals surface area contributed by atoms with Crippen molar-refractivity contribution >= 4 is 39.2 Å². The Labute approximate surface area is 336 Å². The number of benzene rings is 7. The van der Waals surface area contributed by atoms with E-state index in [1.54, 1.807) is 108 Å². The molecule has 0 bridgehead atoms. The van der Waals surface area contributed by atoms with Gasteiger partial charge in [0.25, 0.3) is 0 Å². The van der Waals surface area contributed by atoms with Crippen LogP contribution in [0.1, 0.15) is 27.8 Å². The van der Waals surface area contributed by atoms with E-state index >= 15 is 0 Å². The van der Waals surface area contributed by atoms with Gasteiger partial charge in [-0.15, -0.1) is 0 Å². The summed E-state index contributed by atoms with van der Waals surface area (Å²) < 4.78 is 129. The molecule has 300 valence electrons. The number of anilines is 1. The number of rotatable bonds is 6. The first-order valence-electron chi connectivity index (χ1n) is 18.3. The Morgan fingerprint density at radius 3 is 1.77 bits per heavy atom. The number of halogens is 9. The minimum atomic E-state index is -5.07. The summed E-state index contributed by atoms with van der Waals surface area (Å²) in [4.78, 5) is 4.66. The van der Waals surface area contributed by atoms with Crippen LogP contribution in [-0.4, -0.2) is 16.2 Å². The molecule has 0 atom stereocenters. The van der Waals surface area contributed by atoms with Gasteiger partial charge >= 0.3 is 18.5 Å². The summed E-state index contributed by atoms with van der Waals surface area (Å²) in [6.07, 6.45) is -14.9. The number of aromatic nitrogens is 1. The highest BCUT2D eigenvalue weighted by atomic mass is 19.4. The van der Waals surface area contributed by atoms with E-state index in [1.165, 1.54) is 36.4 Å². The van der Waals surface area contributed by atoms with E-state index in [-0.39, 0.29) is 45.6 Å². The molecular formula is C47H29F9N4. The van der Waals surface area contributed by atoms with Crippen LogP contribution in [-0.2, 0) is 18.5 Å². The molecule has 8 rings (SSSR count). The SMILES string of the molecule is N=C(N=C(Nc1ccccc1)c1cc(-n2c3ccccc3c3ccc(-c4cc(C(F)(F)F)cc(C(F)(F)F)c4)cc32)ccc1-c1ccccc1C(F)(F)F)c1ccccc1. The van der Waals surface area contributed by atoms with Crippen LogP contribution in [0.2, 0.25) is 0 Å². The van der Waals surface area contributed by atoms with Gasteiger partial charge in [0.05, 0.1) is 27.7 Å². The second kappa shape index (κ2) is 15.2. The number of nitrogens with zero attached hydrogens (tertiary/aromatic N) is 2. The van der Waals surface area contributed by atoms with Gasteiger partial charge in [0.15, 0.2) is 5.84 Å². The van der Waals surface area contributed by atoms with Gasteiger partial charge in [-0.25, -0.2) is 4.99 Å². The van der Waals surface area contributed by atoms with Crippen LogP contribution in [0, 0.1) is 5.41 Å². The maximum absolute atomic E-state index is 14.6. The molecular weight excluding hydrogens is 792 g/mol. The highest BCUT2D eigenvalue weighted by molar-refractivity contribution is 6.19. The molecule has 0 amide bonds. The van der Waals surface area contributed by atoms with Gasteiger partial charge in [0.2, 0.25) is 0 Å². The molecule has 0 aliphatic heterocycles. The Bertz CT molecular complexity index is 2900. The van der Waals surface area contributed by atoms with Crippen molar-refractivity contribution in [2.45, 2.75) is 18.5 Å². The maximum Gasteiger partial charge on any atom is 0.417 e. The zero-order valence-electron chi connectivity index (χ0n) is 30.9. The Morgan fingerprint density at radius 1 is 0.500 bits per heavy atom. The summed E-state index contributed by atoms with van der Waals surface area (Å²) in [6, 6.07) is 40.0. The number of nitrogens with one attached hydrogen (secondary N) is 2. The average Bonchev–Trinajstić information content (AvgIpc) is 3.56. The van der Waals surface area contributed by atoms with E-state index in [0.29, 0.717) is 50.9 Å². The number of para-hydroxylation sites is 2. The summed E-state index contributed by atoms with van der Waals surface area (Å²) >= 11 is 0. The molecule has 4 nitrogen and oxygen atoms in total. The fourth-order valence-corrected chi connectivity index (χ4v) is 7.20. The van der Waals surface area contributed by atoms with E-state index in [0.717, 1.165) is 6.07 Å². The molecule has 0 aliphatic carbocycles. The molecule has 13 heteroatoms. The summed E-state index contributed by atoms with van der Waals surface area (Å²) in [6.45, 7) is 0. The van der Waals surface area contributed by atoms with Gasteiger partial charge in [-0.2, -0.15) is 39.5 Å². The molecule has 0 radical (unpaired) electrons. The van der Waals surface area contributed by atoms with Crippen LogP contribution in [0.15, 0.2) is 169 Å². The van der Waals surface area contributed by atoms with Crippen LogP contribution in [0.5, 0.6) is 0 Å². The summed E-state index contributed by atoms with van der Waals surface area (Å²) in [5.41, 5.74) is -1.73. The van der Waals surface area contributed by atoms with Crippen molar-refractivity contribution in [1.82, 2.24) is 4.57 Å². The van der Waals surface area contributed by atoms with Crippen LogP contribution in [0.25, 0.3) is 49.7 Å². The minimum absolute atomic E-state index is 0.0222. The molecule has 2 N–H and O–H groups in total. The summed E-state index contributed by atoms with van der Waals surface area (Å²) in [7, 11) is 0. The second-order valence-corrected chi connectivity index (χ2v) is 13.8. The molecule has 0 saturated carbocycles. The lowest BCUT2D eigenvalue weighted by molar-refractivity contribution is -0.143. The Hall–Kier alpha value is -7.15. The van der Waals surface area contributed by atoms with Gasteiger partial charge in [-0.3, -0.25) is 5.41 Å². The first kappa shape index (κ1) is 39.7. The lowest BCUT2D eigenvalue weighted by Crippen LogP contribution is -2.18. The monoisotopic (exact) mass is 820 g/mol. The Kier molecular flexibility index (Phi) is 10.1. The van der Waals surface area contributed by atoms with Crippen molar-refractivity contribution in [2.24, 2.45) is 4.99 Å². The molecule has 60 heavy (non-hydrogen) atoms. The Balaban J connectivity index is 1.41. The molecule has 0 saturated heterocycles. The van der Waals surface area contributed by atoms with E-state index in [2.05, 4.69) is 10.3 Å². The third-order valence-corrected chi connectivity index (χ3v) is 9.94. The lowest BCUT2D eigenvalue weighted by Gasteiger charge is -2.20. The normalized spacial score (nSPS) is 12.6. The predicted molar refractivity (Wildman–Crippen MR) is 217 cm³/mol. The van der Waals surface area contributed by atoms with E-state index in [1.807, 2.05) is 0 Å². The zero-order valence-corrected chi connectivity index (χ0v) is 30.9. The predicted octanol–water partition coefficient (Wildman–Crippen LogP) is 14.1. The van der Waals surface area contributed by atoms with Crippen LogP contribution in [0.3, 0.4) is 0 Å². The molecule has 1 heterocycles. The number of alkyl halides is 9. The van der Waals surface area contributed by atoms with Crippen LogP contribution in [0.4, 0.5) is 45.2 Å². The number of amidine groups is 2. The molecule has 0 fully saturated rings. The first-order chi connectivity index (χ1) is 28.6. The largest absolute Gasteiger partial charge is 0.417 e. The van der Waals surface area contributed by atoms with Gasteiger partial charge in [-0.05, 0) is 82.9 Å². The van der Waals surface area contributed by atoms with E-state index in [4.69, 9.17) is 5.41 Å².